The molecule has 0 unspecified atom stereocenters. The van der Waals surface area contributed by atoms with Gasteiger partial charge in [-0.1, -0.05) is 49.6 Å². The normalized spacial score (nSPS) is 14.4. The topological polar surface area (TPSA) is 12.0 Å². The molecular weight excluding hydrogens is 266 g/mol. The number of rotatable bonds is 1. The highest BCUT2D eigenvalue weighted by Gasteiger charge is 2.16. The van der Waals surface area contributed by atoms with Gasteiger partial charge >= 0.3 is 0 Å². The summed E-state index contributed by atoms with van der Waals surface area (Å²) in [5.41, 5.74) is 4.55. The monoisotopic (exact) mass is 283 g/mol. The minimum atomic E-state index is 0.956. The summed E-state index contributed by atoms with van der Waals surface area (Å²) in [6, 6.07) is 11.0. The van der Waals surface area contributed by atoms with Gasteiger partial charge in [0, 0.05) is 17.5 Å². The third-order valence-electron chi connectivity index (χ3n) is 4.48. The summed E-state index contributed by atoms with van der Waals surface area (Å²) in [5.74, 6) is 0. The Labute approximate surface area is 129 Å². The molecule has 4 rings (SSSR count). The van der Waals surface area contributed by atoms with Crippen LogP contribution in [-0.2, 0) is 0 Å². The molecule has 0 atom stereocenters. The van der Waals surface area contributed by atoms with Gasteiger partial charge in [0.1, 0.15) is 0 Å². The molecule has 1 heteroatoms. The van der Waals surface area contributed by atoms with Crippen LogP contribution in [0.3, 0.4) is 0 Å². The fourth-order valence-corrected chi connectivity index (χ4v) is 3.48. The van der Waals surface area contributed by atoms with Gasteiger partial charge in [0.15, 0.2) is 0 Å². The van der Waals surface area contributed by atoms with E-state index >= 15 is 0 Å². The summed E-state index contributed by atoms with van der Waals surface area (Å²) in [4.78, 5) is 0. The number of fused-ring (bicyclic) bond motifs is 2. The molecule has 0 spiro atoms. The Balaban J connectivity index is 2.35. The first-order chi connectivity index (χ1) is 10.7. The van der Waals surface area contributed by atoms with Crippen LogP contribution in [0.25, 0.3) is 45.5 Å². The van der Waals surface area contributed by atoms with E-state index in [1.807, 2.05) is 12.3 Å². The highest BCUT2D eigenvalue weighted by Crippen LogP contribution is 2.36. The molecule has 0 saturated heterocycles. The summed E-state index contributed by atoms with van der Waals surface area (Å²) in [7, 11) is 0. The number of nitrogens with one attached hydrogen (secondary N) is 1. The van der Waals surface area contributed by atoms with Gasteiger partial charge < -0.3 is 5.32 Å². The van der Waals surface area contributed by atoms with Crippen LogP contribution >= 0.6 is 0 Å². The average molecular weight is 283 g/mol. The molecule has 0 radical (unpaired) electrons. The average Bonchev–Trinajstić information content (AvgIpc) is 2.55. The van der Waals surface area contributed by atoms with Crippen molar-refractivity contribution in [2.75, 3.05) is 0 Å². The second-order valence-electron chi connectivity index (χ2n) is 5.62. The van der Waals surface area contributed by atoms with Gasteiger partial charge in [-0.25, -0.2) is 0 Å². The van der Waals surface area contributed by atoms with E-state index in [0.29, 0.717) is 0 Å². The van der Waals surface area contributed by atoms with Crippen LogP contribution in [0.1, 0.15) is 23.6 Å². The van der Waals surface area contributed by atoms with Gasteiger partial charge in [-0.3, -0.25) is 0 Å². The first-order valence-electron chi connectivity index (χ1n) is 7.48. The van der Waals surface area contributed by atoms with Crippen LogP contribution in [0.5, 0.6) is 0 Å². The summed E-state index contributed by atoms with van der Waals surface area (Å²) in [6.07, 6.45) is 8.16. The molecule has 1 nitrogen and oxygen atoms in total. The van der Waals surface area contributed by atoms with Gasteiger partial charge in [-0.15, -0.1) is 0 Å². The lowest BCUT2D eigenvalue weighted by Gasteiger charge is -2.20. The Morgan fingerprint density at radius 2 is 1.95 bits per heavy atom. The number of hydrogen-bond donors (Lipinski definition) is 1. The molecule has 1 aliphatic rings. The molecule has 22 heavy (non-hydrogen) atoms. The van der Waals surface area contributed by atoms with E-state index < -0.39 is 0 Å². The maximum Gasteiger partial charge on any atom is 0.0392 e. The summed E-state index contributed by atoms with van der Waals surface area (Å²) >= 11 is 0. The van der Waals surface area contributed by atoms with Crippen LogP contribution in [-0.4, -0.2) is 0 Å². The zero-order chi connectivity index (χ0) is 15.3. The smallest absolute Gasteiger partial charge is 0.0392 e. The van der Waals surface area contributed by atoms with E-state index in [-0.39, 0.29) is 0 Å². The minimum Gasteiger partial charge on any atom is -0.362 e. The third kappa shape index (κ3) is 1.59. The predicted octanol–water partition coefficient (Wildman–Crippen LogP) is 4.70. The summed E-state index contributed by atoms with van der Waals surface area (Å²) in [5, 5.41) is 9.56. The largest absolute Gasteiger partial charge is 0.362 e. The predicted molar refractivity (Wildman–Crippen MR) is 98.1 cm³/mol. The van der Waals surface area contributed by atoms with E-state index in [9.17, 15) is 0 Å². The van der Waals surface area contributed by atoms with E-state index in [0.717, 1.165) is 5.70 Å². The lowest BCUT2D eigenvalue weighted by Crippen LogP contribution is -2.11. The Bertz CT molecular complexity index is 1040. The molecule has 0 aromatic heterocycles. The van der Waals surface area contributed by atoms with Crippen molar-refractivity contribution < 1.29 is 0 Å². The Kier molecular flexibility index (Phi) is 2.70. The molecule has 106 valence electrons. The molecule has 3 aromatic rings. The molecular formula is C21H17N. The Morgan fingerprint density at radius 3 is 2.73 bits per heavy atom. The molecule has 3 aromatic carbocycles. The zero-order valence-corrected chi connectivity index (χ0v) is 12.6. The van der Waals surface area contributed by atoms with Gasteiger partial charge in [0.25, 0.3) is 0 Å². The molecule has 0 amide bonds. The second-order valence-corrected chi connectivity index (χ2v) is 5.62. The fraction of sp³-hybridized carbons (Fsp3) is 0.0476. The first-order valence-corrected chi connectivity index (χ1v) is 7.48. The van der Waals surface area contributed by atoms with Gasteiger partial charge in [-0.05, 0) is 57.0 Å². The minimum absolute atomic E-state index is 0.956. The van der Waals surface area contributed by atoms with Crippen LogP contribution < -0.4 is 10.5 Å². The van der Waals surface area contributed by atoms with Crippen molar-refractivity contribution in [1.82, 2.24) is 5.32 Å². The van der Waals surface area contributed by atoms with E-state index in [2.05, 4.69) is 67.9 Å². The highest BCUT2D eigenvalue weighted by molar-refractivity contribution is 6.17. The first kappa shape index (κ1) is 12.9. The molecule has 0 saturated carbocycles. The van der Waals surface area contributed by atoms with Crippen molar-refractivity contribution in [3.05, 3.63) is 71.6 Å². The Hall–Kier alpha value is -2.80. The molecule has 1 aliphatic heterocycles. The quantitative estimate of drug-likeness (QED) is 0.682. The highest BCUT2D eigenvalue weighted by atomic mass is 14.9. The van der Waals surface area contributed by atoms with Gasteiger partial charge in [0.2, 0.25) is 0 Å². The van der Waals surface area contributed by atoms with Crippen LogP contribution in [0.4, 0.5) is 0 Å². The van der Waals surface area contributed by atoms with Crippen LogP contribution in [0.15, 0.2) is 49.7 Å². The van der Waals surface area contributed by atoms with Crippen molar-refractivity contribution in [1.29, 1.82) is 0 Å². The maximum absolute atomic E-state index is 4.18. The van der Waals surface area contributed by atoms with Crippen molar-refractivity contribution in [3.8, 4) is 0 Å². The summed E-state index contributed by atoms with van der Waals surface area (Å²) < 4.78 is 0. The van der Waals surface area contributed by atoms with Gasteiger partial charge in [-0.2, -0.15) is 0 Å². The lowest BCUT2D eigenvalue weighted by atomic mass is 9.88. The number of benzene rings is 3. The van der Waals surface area contributed by atoms with Crippen LogP contribution in [0.2, 0.25) is 0 Å². The third-order valence-corrected chi connectivity index (χ3v) is 4.48. The fourth-order valence-electron chi connectivity index (χ4n) is 3.48. The lowest BCUT2D eigenvalue weighted by molar-refractivity contribution is 1.22. The zero-order valence-electron chi connectivity index (χ0n) is 12.6. The standard InChI is InChI=1S/C21H17N/c1-4-14-6-7-16-12-17-10-11-22-13(3)19(17)18-9-8-15(5-2)20(14)21(16)18/h4-12,22H,1,3H2,2H3/b15-5-. The maximum atomic E-state index is 4.18. The molecule has 0 bridgehead atoms. The number of hydrogen-bond acceptors (Lipinski definition) is 1. The van der Waals surface area contributed by atoms with Gasteiger partial charge in [0.05, 0.1) is 0 Å². The van der Waals surface area contributed by atoms with Crippen molar-refractivity contribution in [3.63, 3.8) is 0 Å². The van der Waals surface area contributed by atoms with E-state index in [1.54, 1.807) is 0 Å². The van der Waals surface area contributed by atoms with Crippen LogP contribution in [0, 0.1) is 0 Å². The van der Waals surface area contributed by atoms with E-state index in [1.165, 1.54) is 43.5 Å². The SMILES string of the molecule is C=Cc1ccc2cc3c(c4cc/c(=C/C)c1c24)C(=C)NC=C3. The molecule has 1 heterocycles. The van der Waals surface area contributed by atoms with Crippen molar-refractivity contribution in [2.45, 2.75) is 6.92 Å². The molecule has 0 fully saturated rings. The van der Waals surface area contributed by atoms with Crippen molar-refractivity contribution >= 4 is 45.5 Å². The Morgan fingerprint density at radius 1 is 1.09 bits per heavy atom. The van der Waals surface area contributed by atoms with Crippen molar-refractivity contribution in [2.24, 2.45) is 0 Å². The molecule has 0 aliphatic carbocycles. The van der Waals surface area contributed by atoms with E-state index in [4.69, 9.17) is 0 Å². The second kappa shape index (κ2) is 4.60. The molecule has 1 N–H and O–H groups in total. The summed E-state index contributed by atoms with van der Waals surface area (Å²) in [6.45, 7) is 10.2.